The van der Waals surface area contributed by atoms with Gasteiger partial charge in [-0.3, -0.25) is 4.79 Å². The molecule has 1 aliphatic rings. The molecule has 3 heterocycles. The Labute approximate surface area is 142 Å². The van der Waals surface area contributed by atoms with Gasteiger partial charge in [0.05, 0.1) is 12.3 Å². The molecule has 1 aliphatic heterocycles. The molecule has 0 aliphatic carbocycles. The van der Waals surface area contributed by atoms with E-state index >= 15 is 0 Å². The van der Waals surface area contributed by atoms with Gasteiger partial charge in [-0.1, -0.05) is 0 Å². The maximum Gasteiger partial charge on any atom is 0.349 e. The van der Waals surface area contributed by atoms with Crippen LogP contribution in [0.2, 0.25) is 0 Å². The Morgan fingerprint density at radius 3 is 3.00 bits per heavy atom. The summed E-state index contributed by atoms with van der Waals surface area (Å²) in [6.45, 7) is 3.33. The second-order valence-electron chi connectivity index (χ2n) is 5.74. The van der Waals surface area contributed by atoms with Crippen LogP contribution < -0.4 is 16.7 Å². The lowest BCUT2D eigenvalue weighted by Crippen LogP contribution is -2.31. The van der Waals surface area contributed by atoms with Crippen molar-refractivity contribution in [1.82, 2.24) is 10.3 Å². The number of aromatic nitrogens is 1. The number of amides is 1. The molecule has 0 saturated carbocycles. The number of hydrogen-bond donors (Lipinski definition) is 2. The van der Waals surface area contributed by atoms with E-state index in [1.54, 1.807) is 13.0 Å². The SMILES string of the molecule is Cc1cc(C2CCOC2)oc(=O)c1C(=O)NCCc1csc(N)n1. The highest BCUT2D eigenvalue weighted by atomic mass is 32.1. The fourth-order valence-corrected chi connectivity index (χ4v) is 3.29. The number of anilines is 1. The highest BCUT2D eigenvalue weighted by Gasteiger charge is 2.23. The van der Waals surface area contributed by atoms with E-state index < -0.39 is 11.5 Å². The number of nitrogens with two attached hydrogens (primary N) is 1. The summed E-state index contributed by atoms with van der Waals surface area (Å²) in [5.41, 5.74) is 6.44. The maximum atomic E-state index is 12.3. The number of nitrogens with one attached hydrogen (secondary N) is 1. The molecule has 0 aromatic carbocycles. The third kappa shape index (κ3) is 3.65. The average molecular weight is 349 g/mol. The Hall–Kier alpha value is -2.19. The first kappa shape index (κ1) is 16.7. The number of nitrogen functional groups attached to an aromatic ring is 1. The zero-order valence-electron chi connectivity index (χ0n) is 13.3. The lowest BCUT2D eigenvalue weighted by molar-refractivity contribution is 0.0949. The van der Waals surface area contributed by atoms with Crippen LogP contribution in [0.15, 0.2) is 20.7 Å². The first-order valence-corrected chi connectivity index (χ1v) is 8.63. The summed E-state index contributed by atoms with van der Waals surface area (Å²) in [5, 5.41) is 5.07. The van der Waals surface area contributed by atoms with Gasteiger partial charge in [0.15, 0.2) is 5.13 Å². The maximum absolute atomic E-state index is 12.3. The number of hydrogen-bond acceptors (Lipinski definition) is 7. The van der Waals surface area contributed by atoms with Gasteiger partial charge in [-0.2, -0.15) is 0 Å². The van der Waals surface area contributed by atoms with E-state index in [1.165, 1.54) is 11.3 Å². The molecule has 0 spiro atoms. The van der Waals surface area contributed by atoms with Crippen LogP contribution in [-0.4, -0.2) is 30.6 Å². The van der Waals surface area contributed by atoms with Crippen LogP contribution in [-0.2, 0) is 11.2 Å². The Balaban J connectivity index is 1.66. The van der Waals surface area contributed by atoms with Gasteiger partial charge in [0, 0.05) is 30.9 Å². The smallest absolute Gasteiger partial charge is 0.349 e. The predicted octanol–water partition coefficient (Wildman–Crippen LogP) is 1.46. The zero-order chi connectivity index (χ0) is 17.1. The minimum absolute atomic E-state index is 0.0513. The van der Waals surface area contributed by atoms with Gasteiger partial charge in [-0.15, -0.1) is 11.3 Å². The van der Waals surface area contributed by atoms with E-state index in [0.29, 0.717) is 42.6 Å². The summed E-state index contributed by atoms with van der Waals surface area (Å²) in [7, 11) is 0. The van der Waals surface area contributed by atoms with E-state index in [-0.39, 0.29) is 11.5 Å². The minimum atomic E-state index is -0.604. The van der Waals surface area contributed by atoms with E-state index in [1.807, 2.05) is 5.38 Å². The fraction of sp³-hybridized carbons (Fsp3) is 0.438. The number of nitrogens with zero attached hydrogens (tertiary/aromatic N) is 1. The zero-order valence-corrected chi connectivity index (χ0v) is 14.1. The third-order valence-electron chi connectivity index (χ3n) is 3.96. The van der Waals surface area contributed by atoms with Crippen LogP contribution in [0.4, 0.5) is 5.13 Å². The molecule has 128 valence electrons. The van der Waals surface area contributed by atoms with Crippen molar-refractivity contribution in [3.8, 4) is 0 Å². The van der Waals surface area contributed by atoms with E-state index in [0.717, 1.165) is 12.1 Å². The molecule has 2 aromatic heterocycles. The Morgan fingerprint density at radius 1 is 1.54 bits per heavy atom. The lowest BCUT2D eigenvalue weighted by Gasteiger charge is -2.10. The van der Waals surface area contributed by atoms with Crippen molar-refractivity contribution < 1.29 is 13.9 Å². The second-order valence-corrected chi connectivity index (χ2v) is 6.63. The summed E-state index contributed by atoms with van der Waals surface area (Å²) in [5.74, 6) is 0.242. The summed E-state index contributed by atoms with van der Waals surface area (Å²) >= 11 is 1.36. The number of thiazole rings is 1. The Kier molecular flexibility index (Phi) is 4.96. The van der Waals surface area contributed by atoms with Gasteiger partial charge in [0.25, 0.3) is 5.91 Å². The first-order valence-electron chi connectivity index (χ1n) is 7.75. The van der Waals surface area contributed by atoms with Crippen molar-refractivity contribution in [2.75, 3.05) is 25.5 Å². The molecule has 1 fully saturated rings. The van der Waals surface area contributed by atoms with Gasteiger partial charge in [0.1, 0.15) is 11.3 Å². The van der Waals surface area contributed by atoms with Gasteiger partial charge >= 0.3 is 5.63 Å². The molecular weight excluding hydrogens is 330 g/mol. The van der Waals surface area contributed by atoms with E-state index in [9.17, 15) is 9.59 Å². The summed E-state index contributed by atoms with van der Waals surface area (Å²) < 4.78 is 10.6. The molecule has 1 atom stereocenters. The molecule has 24 heavy (non-hydrogen) atoms. The molecule has 0 bridgehead atoms. The number of rotatable bonds is 5. The molecule has 0 radical (unpaired) electrons. The van der Waals surface area contributed by atoms with Crippen molar-refractivity contribution in [2.24, 2.45) is 0 Å². The molecule has 2 aromatic rings. The topological polar surface area (TPSA) is 107 Å². The van der Waals surface area contributed by atoms with Gasteiger partial charge < -0.3 is 20.2 Å². The highest BCUT2D eigenvalue weighted by Crippen LogP contribution is 2.25. The van der Waals surface area contributed by atoms with Crippen molar-refractivity contribution in [2.45, 2.75) is 25.7 Å². The van der Waals surface area contributed by atoms with Gasteiger partial charge in [-0.25, -0.2) is 9.78 Å². The number of aryl methyl sites for hydroxylation is 1. The fourth-order valence-electron chi connectivity index (χ4n) is 2.70. The largest absolute Gasteiger partial charge is 0.427 e. The molecule has 1 unspecified atom stereocenters. The van der Waals surface area contributed by atoms with Crippen molar-refractivity contribution in [1.29, 1.82) is 0 Å². The van der Waals surface area contributed by atoms with E-state index in [2.05, 4.69) is 10.3 Å². The molecular formula is C16H19N3O4S. The quantitative estimate of drug-likeness (QED) is 0.846. The molecule has 3 rings (SSSR count). The van der Waals surface area contributed by atoms with Crippen molar-refractivity contribution >= 4 is 22.4 Å². The second kappa shape index (κ2) is 7.14. The van der Waals surface area contributed by atoms with E-state index in [4.69, 9.17) is 14.9 Å². The van der Waals surface area contributed by atoms with Crippen LogP contribution in [0.1, 0.15) is 39.7 Å². The van der Waals surface area contributed by atoms with Crippen LogP contribution in [0.25, 0.3) is 0 Å². The summed E-state index contributed by atoms with van der Waals surface area (Å²) in [6, 6.07) is 1.76. The van der Waals surface area contributed by atoms with Crippen molar-refractivity contribution in [3.63, 3.8) is 0 Å². The minimum Gasteiger partial charge on any atom is -0.427 e. The lowest BCUT2D eigenvalue weighted by atomic mass is 10.0. The van der Waals surface area contributed by atoms with Crippen LogP contribution in [0.3, 0.4) is 0 Å². The van der Waals surface area contributed by atoms with Crippen LogP contribution in [0, 0.1) is 6.92 Å². The molecule has 7 nitrogen and oxygen atoms in total. The molecule has 1 amide bonds. The van der Waals surface area contributed by atoms with Gasteiger partial charge in [-0.05, 0) is 25.0 Å². The van der Waals surface area contributed by atoms with Crippen LogP contribution >= 0.6 is 11.3 Å². The predicted molar refractivity (Wildman–Crippen MR) is 90.5 cm³/mol. The van der Waals surface area contributed by atoms with Gasteiger partial charge in [0.2, 0.25) is 0 Å². The molecule has 3 N–H and O–H groups in total. The number of carbonyl (C=O) groups is 1. The van der Waals surface area contributed by atoms with Crippen molar-refractivity contribution in [3.05, 3.63) is 44.4 Å². The Bertz CT molecular complexity index is 793. The summed E-state index contributed by atoms with van der Waals surface area (Å²) in [4.78, 5) is 28.6. The molecule has 1 saturated heterocycles. The first-order chi connectivity index (χ1) is 11.5. The normalized spacial score (nSPS) is 17.1. The average Bonchev–Trinajstić information content (AvgIpc) is 3.18. The number of carbonyl (C=O) groups excluding carboxylic acids is 1. The standard InChI is InChI=1S/C16H19N3O4S/c1-9-6-12(10-3-5-22-7-10)23-15(21)13(9)14(20)18-4-2-11-8-24-16(17)19-11/h6,8,10H,2-5,7H2,1H3,(H2,17,19)(H,18,20). The summed E-state index contributed by atoms with van der Waals surface area (Å²) in [6.07, 6.45) is 1.38. The Morgan fingerprint density at radius 2 is 2.38 bits per heavy atom. The number of ether oxygens (including phenoxy) is 1. The van der Waals surface area contributed by atoms with Crippen LogP contribution in [0.5, 0.6) is 0 Å². The molecule has 8 heteroatoms. The third-order valence-corrected chi connectivity index (χ3v) is 4.69. The highest BCUT2D eigenvalue weighted by molar-refractivity contribution is 7.13. The monoisotopic (exact) mass is 349 g/mol.